The van der Waals surface area contributed by atoms with Crippen molar-refractivity contribution in [2.24, 2.45) is 0 Å². The molecular formula is C13H16OS2. The van der Waals surface area contributed by atoms with Crippen molar-refractivity contribution in [3.8, 4) is 0 Å². The number of hydrogen-bond acceptors (Lipinski definition) is 3. The van der Waals surface area contributed by atoms with E-state index in [1.54, 1.807) is 0 Å². The summed E-state index contributed by atoms with van der Waals surface area (Å²) in [6.07, 6.45) is 1.77. The maximum absolute atomic E-state index is 9.68. The molecule has 86 valence electrons. The van der Waals surface area contributed by atoms with E-state index < -0.39 is 0 Å². The van der Waals surface area contributed by atoms with Crippen LogP contribution in [0.5, 0.6) is 0 Å². The molecule has 1 aliphatic rings. The highest BCUT2D eigenvalue weighted by molar-refractivity contribution is 8.18. The first-order valence-electron chi connectivity index (χ1n) is 5.58. The molecule has 1 aromatic carbocycles. The Labute approximate surface area is 106 Å². The number of thioether (sulfide) groups is 2. The van der Waals surface area contributed by atoms with E-state index in [2.05, 4.69) is 18.2 Å². The predicted molar refractivity (Wildman–Crippen MR) is 71.6 cm³/mol. The van der Waals surface area contributed by atoms with E-state index in [1.807, 2.05) is 42.6 Å². The second-order valence-corrected chi connectivity index (χ2v) is 7.11. The summed E-state index contributed by atoms with van der Waals surface area (Å²) in [6, 6.07) is 12.2. The third kappa shape index (κ3) is 2.68. The Morgan fingerprint density at radius 2 is 2.25 bits per heavy atom. The number of aliphatic hydroxyl groups excluding tert-OH is 1. The third-order valence-corrected chi connectivity index (χ3v) is 5.98. The van der Waals surface area contributed by atoms with Crippen molar-refractivity contribution in [1.29, 1.82) is 0 Å². The lowest BCUT2D eigenvalue weighted by Gasteiger charge is -2.36. The van der Waals surface area contributed by atoms with Crippen LogP contribution >= 0.6 is 23.5 Å². The predicted octanol–water partition coefficient (Wildman–Crippen LogP) is 3.08. The molecule has 1 N–H and O–H groups in total. The topological polar surface area (TPSA) is 20.2 Å². The normalized spacial score (nSPS) is 21.1. The molecule has 0 spiro atoms. The largest absolute Gasteiger partial charge is 0.393 e. The summed E-state index contributed by atoms with van der Waals surface area (Å²) >= 11 is 3.89. The first kappa shape index (κ1) is 12.2. The first-order chi connectivity index (χ1) is 7.73. The van der Waals surface area contributed by atoms with Gasteiger partial charge in [0, 0.05) is 12.0 Å². The van der Waals surface area contributed by atoms with Crippen LogP contribution in [0.1, 0.15) is 25.3 Å². The van der Waals surface area contributed by atoms with Gasteiger partial charge in [0.25, 0.3) is 0 Å². The van der Waals surface area contributed by atoms with Crippen LogP contribution in [0.2, 0.25) is 0 Å². The first-order valence-corrected chi connectivity index (χ1v) is 7.55. The quantitative estimate of drug-likeness (QED) is 0.893. The third-order valence-electron chi connectivity index (χ3n) is 2.58. The van der Waals surface area contributed by atoms with E-state index in [-0.39, 0.29) is 10.2 Å². The number of hydrogen-bond donors (Lipinski definition) is 1. The van der Waals surface area contributed by atoms with Crippen LogP contribution in [0, 0.1) is 12.1 Å². The van der Waals surface area contributed by atoms with Crippen LogP contribution in [-0.4, -0.2) is 22.7 Å². The number of rotatable bonds is 3. The van der Waals surface area contributed by atoms with Gasteiger partial charge in [-0.1, -0.05) is 18.2 Å². The van der Waals surface area contributed by atoms with E-state index in [0.29, 0.717) is 0 Å². The minimum absolute atomic E-state index is 0.00975. The molecule has 1 atom stereocenters. The zero-order valence-electron chi connectivity index (χ0n) is 9.40. The Hall–Kier alpha value is -0.300. The molecule has 1 nitrogen and oxygen atoms in total. The Morgan fingerprint density at radius 1 is 1.50 bits per heavy atom. The SMILES string of the molecule is C[C@@H](O)CC1(c2c#cccc2)SCCCS1. The van der Waals surface area contributed by atoms with Gasteiger partial charge in [0.05, 0.1) is 10.2 Å². The summed E-state index contributed by atoms with van der Waals surface area (Å²) in [5.74, 6) is 2.34. The van der Waals surface area contributed by atoms with Crippen LogP contribution in [0.3, 0.4) is 0 Å². The molecule has 16 heavy (non-hydrogen) atoms. The van der Waals surface area contributed by atoms with E-state index in [0.717, 1.165) is 6.42 Å². The van der Waals surface area contributed by atoms with Crippen molar-refractivity contribution >= 4 is 23.5 Å². The Kier molecular flexibility index (Phi) is 4.07. The molecule has 0 radical (unpaired) electrons. The van der Waals surface area contributed by atoms with Crippen molar-refractivity contribution in [2.75, 3.05) is 11.5 Å². The summed E-state index contributed by atoms with van der Waals surface area (Å²) in [5, 5.41) is 9.68. The highest BCUT2D eigenvalue weighted by Crippen LogP contribution is 2.52. The molecule has 0 bridgehead atoms. The Balaban J connectivity index is 2.26. The second-order valence-electron chi connectivity index (χ2n) is 4.07. The molecule has 0 unspecified atom stereocenters. The number of aliphatic hydroxyl groups is 1. The molecule has 1 saturated heterocycles. The van der Waals surface area contributed by atoms with Crippen LogP contribution in [0.4, 0.5) is 0 Å². The fourth-order valence-electron chi connectivity index (χ4n) is 1.92. The average Bonchev–Trinajstić information content (AvgIpc) is 2.30. The Morgan fingerprint density at radius 3 is 2.81 bits per heavy atom. The van der Waals surface area contributed by atoms with Crippen LogP contribution in [0.25, 0.3) is 0 Å². The summed E-state index contributed by atoms with van der Waals surface area (Å²) in [6.45, 7) is 1.87. The zero-order valence-corrected chi connectivity index (χ0v) is 11.0. The molecule has 0 aliphatic carbocycles. The monoisotopic (exact) mass is 252 g/mol. The second kappa shape index (κ2) is 5.35. The molecule has 1 aliphatic heterocycles. The van der Waals surface area contributed by atoms with Gasteiger partial charge in [-0.25, -0.2) is 0 Å². The molecule has 0 amide bonds. The highest BCUT2D eigenvalue weighted by Gasteiger charge is 2.36. The van der Waals surface area contributed by atoms with Crippen molar-refractivity contribution in [3.63, 3.8) is 0 Å². The van der Waals surface area contributed by atoms with Crippen LogP contribution in [-0.2, 0) is 4.08 Å². The van der Waals surface area contributed by atoms with Gasteiger partial charge in [0.1, 0.15) is 0 Å². The van der Waals surface area contributed by atoms with Crippen molar-refractivity contribution in [2.45, 2.75) is 29.9 Å². The zero-order chi connectivity index (χ0) is 11.4. The fraction of sp³-hybridized carbons (Fsp3) is 0.538. The van der Waals surface area contributed by atoms with Gasteiger partial charge < -0.3 is 5.11 Å². The van der Waals surface area contributed by atoms with E-state index in [1.165, 1.54) is 23.5 Å². The lowest BCUT2D eigenvalue weighted by Crippen LogP contribution is -2.26. The highest BCUT2D eigenvalue weighted by atomic mass is 32.2. The molecule has 1 fully saturated rings. The van der Waals surface area contributed by atoms with E-state index in [4.69, 9.17) is 0 Å². The Bertz CT molecular complexity index is 318. The van der Waals surface area contributed by atoms with Crippen molar-refractivity contribution < 1.29 is 5.11 Å². The maximum atomic E-state index is 9.68. The molecule has 3 heteroatoms. The van der Waals surface area contributed by atoms with Gasteiger partial charge in [-0.2, -0.15) is 0 Å². The van der Waals surface area contributed by atoms with Gasteiger partial charge in [0.2, 0.25) is 0 Å². The van der Waals surface area contributed by atoms with Crippen molar-refractivity contribution in [1.82, 2.24) is 0 Å². The van der Waals surface area contributed by atoms with Gasteiger partial charge in [-0.15, -0.1) is 23.5 Å². The molecule has 2 rings (SSSR count). The smallest absolute Gasteiger partial charge is 0.0962 e. The summed E-state index contributed by atoms with van der Waals surface area (Å²) in [7, 11) is 0. The van der Waals surface area contributed by atoms with Crippen LogP contribution in [0.15, 0.2) is 18.2 Å². The molecule has 0 saturated carbocycles. The lowest BCUT2D eigenvalue weighted by atomic mass is 10.1. The standard InChI is InChI=1S/C13H16OS2/c1-11(14)10-13(15-8-5-9-16-13)12-6-3-2-4-7-12/h2-3,6,11,14H,5,8-10H2,1H3/t11-/m1/s1. The average molecular weight is 252 g/mol. The lowest BCUT2D eigenvalue weighted by molar-refractivity contribution is 0.180. The minimum atomic E-state index is -0.272. The molecule has 1 heterocycles. The molecule has 0 aromatic heterocycles. The van der Waals surface area contributed by atoms with E-state index >= 15 is 0 Å². The van der Waals surface area contributed by atoms with Crippen LogP contribution < -0.4 is 0 Å². The van der Waals surface area contributed by atoms with Crippen molar-refractivity contribution in [3.05, 3.63) is 35.9 Å². The molecular weight excluding hydrogens is 236 g/mol. The van der Waals surface area contributed by atoms with Gasteiger partial charge in [-0.3, -0.25) is 0 Å². The summed E-state index contributed by atoms with van der Waals surface area (Å²) in [5.41, 5.74) is 1.17. The minimum Gasteiger partial charge on any atom is -0.393 e. The fourth-order valence-corrected chi connectivity index (χ4v) is 5.44. The van der Waals surface area contributed by atoms with Gasteiger partial charge in [0.15, 0.2) is 0 Å². The summed E-state index contributed by atoms with van der Waals surface area (Å²) < 4.78 is -0.00975. The van der Waals surface area contributed by atoms with E-state index in [9.17, 15) is 5.11 Å². The van der Waals surface area contributed by atoms with Gasteiger partial charge in [-0.05, 0) is 37.0 Å². The molecule has 1 aromatic rings. The van der Waals surface area contributed by atoms with Gasteiger partial charge >= 0.3 is 0 Å². The summed E-state index contributed by atoms with van der Waals surface area (Å²) in [4.78, 5) is 0. The maximum Gasteiger partial charge on any atom is 0.0962 e.